The van der Waals surface area contributed by atoms with Crippen LogP contribution in [0.3, 0.4) is 0 Å². The SMILES string of the molecule is CCCNC(c1cc2c(s1)CCCC2)C1CCCCC1. The topological polar surface area (TPSA) is 12.0 Å². The van der Waals surface area contributed by atoms with E-state index in [1.807, 2.05) is 0 Å². The molecule has 1 heterocycles. The van der Waals surface area contributed by atoms with Crippen LogP contribution in [0.5, 0.6) is 0 Å². The highest BCUT2D eigenvalue weighted by molar-refractivity contribution is 7.12. The van der Waals surface area contributed by atoms with Gasteiger partial charge in [0.25, 0.3) is 0 Å². The average Bonchev–Trinajstić information content (AvgIpc) is 2.92. The van der Waals surface area contributed by atoms with Gasteiger partial charge in [-0.2, -0.15) is 0 Å². The molecule has 1 fully saturated rings. The van der Waals surface area contributed by atoms with Gasteiger partial charge < -0.3 is 5.32 Å². The maximum atomic E-state index is 3.87. The van der Waals surface area contributed by atoms with Crippen LogP contribution in [0.4, 0.5) is 0 Å². The fourth-order valence-electron chi connectivity index (χ4n) is 3.93. The highest BCUT2D eigenvalue weighted by Gasteiger charge is 2.27. The third kappa shape index (κ3) is 3.28. The summed E-state index contributed by atoms with van der Waals surface area (Å²) in [6, 6.07) is 3.20. The maximum absolute atomic E-state index is 3.87. The van der Waals surface area contributed by atoms with Gasteiger partial charge in [0.2, 0.25) is 0 Å². The van der Waals surface area contributed by atoms with Gasteiger partial charge >= 0.3 is 0 Å². The van der Waals surface area contributed by atoms with Crippen LogP contribution < -0.4 is 5.32 Å². The van der Waals surface area contributed by atoms with E-state index in [0.29, 0.717) is 6.04 Å². The van der Waals surface area contributed by atoms with E-state index in [-0.39, 0.29) is 0 Å². The van der Waals surface area contributed by atoms with Crippen molar-refractivity contribution >= 4 is 11.3 Å². The zero-order valence-electron chi connectivity index (χ0n) is 12.9. The molecule has 1 N–H and O–H groups in total. The number of hydrogen-bond donors (Lipinski definition) is 1. The lowest BCUT2D eigenvalue weighted by molar-refractivity contribution is 0.275. The Morgan fingerprint density at radius 3 is 2.70 bits per heavy atom. The van der Waals surface area contributed by atoms with Crippen molar-refractivity contribution < 1.29 is 0 Å². The van der Waals surface area contributed by atoms with E-state index >= 15 is 0 Å². The first-order valence-electron chi connectivity index (χ1n) is 8.73. The molecule has 0 amide bonds. The molecule has 1 saturated carbocycles. The molecule has 20 heavy (non-hydrogen) atoms. The number of rotatable bonds is 5. The van der Waals surface area contributed by atoms with Gasteiger partial charge in [0.05, 0.1) is 0 Å². The van der Waals surface area contributed by atoms with Crippen LogP contribution in [0, 0.1) is 5.92 Å². The second-order valence-corrected chi connectivity index (χ2v) is 7.80. The summed E-state index contributed by atoms with van der Waals surface area (Å²) in [5.41, 5.74) is 1.68. The third-order valence-electron chi connectivity index (χ3n) is 5.06. The van der Waals surface area contributed by atoms with Crippen LogP contribution in [0.15, 0.2) is 6.07 Å². The van der Waals surface area contributed by atoms with Crippen molar-refractivity contribution in [3.05, 3.63) is 21.4 Å². The van der Waals surface area contributed by atoms with Crippen molar-refractivity contribution in [1.82, 2.24) is 5.32 Å². The molecule has 1 aromatic rings. The van der Waals surface area contributed by atoms with E-state index in [2.05, 4.69) is 29.6 Å². The Labute approximate surface area is 128 Å². The van der Waals surface area contributed by atoms with E-state index in [9.17, 15) is 0 Å². The quantitative estimate of drug-likeness (QED) is 0.781. The van der Waals surface area contributed by atoms with Gasteiger partial charge in [0.1, 0.15) is 0 Å². The number of aryl methyl sites for hydroxylation is 2. The normalized spacial score (nSPS) is 21.6. The van der Waals surface area contributed by atoms with E-state index < -0.39 is 0 Å². The Morgan fingerprint density at radius 1 is 1.15 bits per heavy atom. The summed E-state index contributed by atoms with van der Waals surface area (Å²) in [6.45, 7) is 3.45. The van der Waals surface area contributed by atoms with Crippen molar-refractivity contribution in [3.63, 3.8) is 0 Å². The second kappa shape index (κ2) is 7.09. The summed E-state index contributed by atoms with van der Waals surface area (Å²) in [4.78, 5) is 3.35. The van der Waals surface area contributed by atoms with Crippen LogP contribution in [0.1, 0.15) is 79.6 Å². The van der Waals surface area contributed by atoms with E-state index in [0.717, 1.165) is 5.92 Å². The van der Waals surface area contributed by atoms with Gasteiger partial charge in [-0.05, 0) is 69.0 Å². The Bertz CT molecular complexity index is 394. The van der Waals surface area contributed by atoms with Crippen LogP contribution in [0.25, 0.3) is 0 Å². The number of hydrogen-bond acceptors (Lipinski definition) is 2. The molecule has 2 aliphatic rings. The van der Waals surface area contributed by atoms with Crippen molar-refractivity contribution in [2.24, 2.45) is 5.92 Å². The molecule has 0 bridgehead atoms. The minimum absolute atomic E-state index is 0.644. The monoisotopic (exact) mass is 291 g/mol. The van der Waals surface area contributed by atoms with Crippen LogP contribution >= 0.6 is 11.3 Å². The summed E-state index contributed by atoms with van der Waals surface area (Å²) >= 11 is 2.13. The van der Waals surface area contributed by atoms with Crippen molar-refractivity contribution in [3.8, 4) is 0 Å². The summed E-state index contributed by atoms with van der Waals surface area (Å²) in [5.74, 6) is 0.885. The van der Waals surface area contributed by atoms with Gasteiger partial charge in [-0.25, -0.2) is 0 Å². The maximum Gasteiger partial charge on any atom is 0.0443 e. The summed E-state index contributed by atoms with van der Waals surface area (Å²) in [5, 5.41) is 3.87. The molecule has 2 heteroatoms. The molecule has 1 aromatic heterocycles. The van der Waals surface area contributed by atoms with E-state index in [1.165, 1.54) is 70.8 Å². The highest BCUT2D eigenvalue weighted by atomic mass is 32.1. The minimum Gasteiger partial charge on any atom is -0.309 e. The van der Waals surface area contributed by atoms with Crippen molar-refractivity contribution in [1.29, 1.82) is 0 Å². The van der Waals surface area contributed by atoms with Crippen LogP contribution in [-0.4, -0.2) is 6.54 Å². The lowest BCUT2D eigenvalue weighted by atomic mass is 9.83. The predicted octanol–water partition coefficient (Wildman–Crippen LogP) is 5.25. The zero-order valence-corrected chi connectivity index (χ0v) is 13.7. The van der Waals surface area contributed by atoms with E-state index in [4.69, 9.17) is 0 Å². The Balaban J connectivity index is 1.78. The highest BCUT2D eigenvalue weighted by Crippen LogP contribution is 2.40. The number of nitrogens with one attached hydrogen (secondary N) is 1. The zero-order chi connectivity index (χ0) is 13.8. The largest absolute Gasteiger partial charge is 0.309 e. The molecular weight excluding hydrogens is 262 g/mol. The van der Waals surface area contributed by atoms with Crippen molar-refractivity contribution in [2.75, 3.05) is 6.54 Å². The number of fused-ring (bicyclic) bond motifs is 1. The predicted molar refractivity (Wildman–Crippen MR) is 88.6 cm³/mol. The van der Waals surface area contributed by atoms with Crippen LogP contribution in [-0.2, 0) is 12.8 Å². The molecule has 0 spiro atoms. The molecule has 1 nitrogen and oxygen atoms in total. The molecule has 0 aliphatic heterocycles. The Morgan fingerprint density at radius 2 is 1.95 bits per heavy atom. The first-order valence-corrected chi connectivity index (χ1v) is 9.55. The molecule has 0 saturated heterocycles. The fraction of sp³-hybridized carbons (Fsp3) is 0.778. The minimum atomic E-state index is 0.644. The van der Waals surface area contributed by atoms with E-state index in [1.54, 1.807) is 15.3 Å². The van der Waals surface area contributed by atoms with Crippen molar-refractivity contribution in [2.45, 2.75) is 77.2 Å². The van der Waals surface area contributed by atoms with Gasteiger partial charge in [-0.15, -0.1) is 11.3 Å². The Kier molecular flexibility index (Phi) is 5.17. The number of thiophene rings is 1. The first kappa shape index (κ1) is 14.6. The third-order valence-corrected chi connectivity index (χ3v) is 6.38. The van der Waals surface area contributed by atoms with Gasteiger partial charge in [0.15, 0.2) is 0 Å². The smallest absolute Gasteiger partial charge is 0.0443 e. The van der Waals surface area contributed by atoms with Gasteiger partial charge in [-0.1, -0.05) is 26.2 Å². The van der Waals surface area contributed by atoms with Crippen LogP contribution in [0.2, 0.25) is 0 Å². The molecule has 3 rings (SSSR count). The molecule has 0 radical (unpaired) electrons. The second-order valence-electron chi connectivity index (χ2n) is 6.63. The van der Waals surface area contributed by atoms with Gasteiger partial charge in [-0.3, -0.25) is 0 Å². The molecule has 2 aliphatic carbocycles. The molecular formula is C18H29NS. The average molecular weight is 292 g/mol. The van der Waals surface area contributed by atoms with Gasteiger partial charge in [0, 0.05) is 15.8 Å². The molecule has 1 unspecified atom stereocenters. The summed E-state index contributed by atoms with van der Waals surface area (Å²) < 4.78 is 0. The first-order chi connectivity index (χ1) is 9.88. The Hall–Kier alpha value is -0.340. The molecule has 0 aromatic carbocycles. The summed E-state index contributed by atoms with van der Waals surface area (Å²) in [6.07, 6.45) is 13.9. The summed E-state index contributed by atoms with van der Waals surface area (Å²) in [7, 11) is 0. The fourth-order valence-corrected chi connectivity index (χ4v) is 5.36. The standard InChI is InChI=1S/C18H29NS/c1-2-12-19-18(14-8-4-3-5-9-14)17-13-15-10-6-7-11-16(15)20-17/h13-14,18-19H,2-12H2,1H3. The lowest BCUT2D eigenvalue weighted by Crippen LogP contribution is -2.29. The molecule has 1 atom stereocenters. The lowest BCUT2D eigenvalue weighted by Gasteiger charge is -2.30. The molecule has 112 valence electrons.